The normalized spacial score (nSPS) is 51.1. The van der Waals surface area contributed by atoms with Gasteiger partial charge < -0.3 is 69.9 Å². The fourth-order valence-corrected chi connectivity index (χ4v) is 4.34. The second-order valence-electron chi connectivity index (χ2n) is 9.04. The fraction of sp³-hybridized carbons (Fsp3) is 0.950. The first kappa shape index (κ1) is 28.5. The summed E-state index contributed by atoms with van der Waals surface area (Å²) in [5, 5.41) is 84.3. The molecule has 15 nitrogen and oxygen atoms in total. The second kappa shape index (κ2) is 11.6. The molecule has 0 aromatic carbocycles. The molecule has 0 aliphatic carbocycles. The average Bonchev–Trinajstić information content (AvgIpc) is 2.80. The van der Waals surface area contributed by atoms with E-state index in [2.05, 4.69) is 5.32 Å². The van der Waals surface area contributed by atoms with Gasteiger partial charge in [-0.2, -0.15) is 0 Å². The highest BCUT2D eigenvalue weighted by molar-refractivity contribution is 5.73. The first-order valence-electron chi connectivity index (χ1n) is 11.3. The van der Waals surface area contributed by atoms with Crippen molar-refractivity contribution in [3.8, 4) is 0 Å². The van der Waals surface area contributed by atoms with Gasteiger partial charge in [0.25, 0.3) is 0 Å². The lowest BCUT2D eigenvalue weighted by Gasteiger charge is -2.48. The lowest BCUT2D eigenvalue weighted by molar-refractivity contribution is -0.368. The maximum atomic E-state index is 11.6. The van der Waals surface area contributed by atoms with Crippen LogP contribution in [-0.2, 0) is 28.5 Å². The Kier molecular flexibility index (Phi) is 9.42. The number of aliphatic hydroxyl groups excluding tert-OH is 8. The van der Waals surface area contributed by atoms with Gasteiger partial charge in [0.2, 0.25) is 5.91 Å². The molecule has 1 amide bonds. The lowest BCUT2D eigenvalue weighted by atomic mass is 9.95. The summed E-state index contributed by atoms with van der Waals surface area (Å²) < 4.78 is 27.3. The molecule has 3 fully saturated rings. The third-order valence-corrected chi connectivity index (χ3v) is 6.42. The summed E-state index contributed by atoms with van der Waals surface area (Å²) in [7, 11) is 0. The van der Waals surface area contributed by atoms with E-state index in [1.54, 1.807) is 0 Å². The molecule has 15 heteroatoms. The average molecular weight is 513 g/mol. The van der Waals surface area contributed by atoms with E-state index in [1.807, 2.05) is 0 Å². The van der Waals surface area contributed by atoms with E-state index >= 15 is 0 Å². The third kappa shape index (κ3) is 5.93. The fourth-order valence-electron chi connectivity index (χ4n) is 4.34. The molecular weight excluding hydrogens is 478 g/mol. The molecule has 204 valence electrons. The number of carbonyl (C=O) groups is 1. The molecule has 15 atom stereocenters. The van der Waals surface area contributed by atoms with Crippen molar-refractivity contribution in [2.24, 2.45) is 0 Å². The van der Waals surface area contributed by atoms with E-state index in [4.69, 9.17) is 23.7 Å². The molecule has 0 bridgehead atoms. The maximum Gasteiger partial charge on any atom is 0.217 e. The maximum absolute atomic E-state index is 11.6. The van der Waals surface area contributed by atoms with Crippen molar-refractivity contribution in [3.63, 3.8) is 0 Å². The Balaban J connectivity index is 1.79. The minimum absolute atomic E-state index is 0.589. The van der Waals surface area contributed by atoms with Gasteiger partial charge in [0, 0.05) is 6.92 Å². The van der Waals surface area contributed by atoms with Crippen molar-refractivity contribution in [2.45, 2.75) is 113 Å². The summed E-state index contributed by atoms with van der Waals surface area (Å²) in [6.45, 7) is 3.33. The van der Waals surface area contributed by atoms with Gasteiger partial charge in [0.1, 0.15) is 61.0 Å². The van der Waals surface area contributed by atoms with Gasteiger partial charge in [-0.1, -0.05) is 0 Å². The monoisotopic (exact) mass is 513 g/mol. The molecule has 3 saturated heterocycles. The quantitative estimate of drug-likeness (QED) is 0.161. The van der Waals surface area contributed by atoms with Crippen molar-refractivity contribution >= 4 is 5.91 Å². The van der Waals surface area contributed by atoms with Crippen LogP contribution < -0.4 is 5.32 Å². The summed E-state index contributed by atoms with van der Waals surface area (Å²) in [5.41, 5.74) is 0. The highest BCUT2D eigenvalue weighted by Crippen LogP contribution is 2.32. The third-order valence-electron chi connectivity index (χ3n) is 6.42. The minimum atomic E-state index is -1.76. The van der Waals surface area contributed by atoms with Crippen LogP contribution in [0.25, 0.3) is 0 Å². The van der Waals surface area contributed by atoms with E-state index in [-0.39, 0.29) is 0 Å². The highest BCUT2D eigenvalue weighted by Gasteiger charge is 2.53. The van der Waals surface area contributed by atoms with Crippen molar-refractivity contribution in [1.29, 1.82) is 0 Å². The van der Waals surface area contributed by atoms with E-state index < -0.39 is 105 Å². The van der Waals surface area contributed by atoms with Crippen LogP contribution >= 0.6 is 0 Å². The molecule has 0 spiro atoms. The Morgan fingerprint density at radius 2 is 1.29 bits per heavy atom. The van der Waals surface area contributed by atoms with Crippen LogP contribution in [0.5, 0.6) is 0 Å². The molecule has 0 saturated carbocycles. The van der Waals surface area contributed by atoms with Crippen LogP contribution in [0, 0.1) is 0 Å². The molecular formula is C20H35NO14. The SMILES string of the molecule is CC(=O)N[C@@H]1[C@@H](O[C@H]2O[C@H](C)[C@@H](O)[C@H](O[C@H]3O[C@H](C)[C@@H](O)[C@H](O)[C@@H]3O)[C@@H]2O)[C@@H](O)[C@@H](CO)O[C@H]1O. The van der Waals surface area contributed by atoms with Crippen molar-refractivity contribution < 1.29 is 69.3 Å². The molecule has 0 unspecified atom stereocenters. The summed E-state index contributed by atoms with van der Waals surface area (Å²) in [5.74, 6) is -0.589. The van der Waals surface area contributed by atoms with Crippen molar-refractivity contribution in [2.75, 3.05) is 6.61 Å². The van der Waals surface area contributed by atoms with Gasteiger partial charge in [0.15, 0.2) is 18.9 Å². The predicted octanol–water partition coefficient (Wildman–Crippen LogP) is -5.37. The number of hydrogen-bond donors (Lipinski definition) is 9. The van der Waals surface area contributed by atoms with Crippen LogP contribution in [-0.4, -0.2) is 145 Å². The second-order valence-corrected chi connectivity index (χ2v) is 9.04. The summed E-state index contributed by atoms with van der Waals surface area (Å²) in [6, 6.07) is -1.32. The highest BCUT2D eigenvalue weighted by atomic mass is 16.7. The van der Waals surface area contributed by atoms with E-state index in [9.17, 15) is 45.6 Å². The molecule has 35 heavy (non-hydrogen) atoms. The Morgan fingerprint density at radius 1 is 0.743 bits per heavy atom. The summed E-state index contributed by atoms with van der Waals surface area (Å²) >= 11 is 0. The lowest BCUT2D eigenvalue weighted by Crippen LogP contribution is -2.68. The first-order valence-corrected chi connectivity index (χ1v) is 11.3. The van der Waals surface area contributed by atoms with Gasteiger partial charge in [-0.25, -0.2) is 0 Å². The van der Waals surface area contributed by atoms with Gasteiger partial charge in [-0.3, -0.25) is 4.79 Å². The van der Waals surface area contributed by atoms with Crippen LogP contribution in [0.1, 0.15) is 20.8 Å². The summed E-state index contributed by atoms with van der Waals surface area (Å²) in [4.78, 5) is 11.6. The Hall–Kier alpha value is -1.05. The number of nitrogens with one attached hydrogen (secondary N) is 1. The topological polar surface area (TPSA) is 237 Å². The van der Waals surface area contributed by atoms with Gasteiger partial charge in [-0.05, 0) is 13.8 Å². The van der Waals surface area contributed by atoms with Gasteiger partial charge in [-0.15, -0.1) is 0 Å². The van der Waals surface area contributed by atoms with Crippen molar-refractivity contribution in [1.82, 2.24) is 5.32 Å². The van der Waals surface area contributed by atoms with Crippen LogP contribution in [0.2, 0.25) is 0 Å². The summed E-state index contributed by atoms with van der Waals surface area (Å²) in [6.07, 6.45) is -20.5. The molecule has 3 rings (SSSR count). The number of amides is 1. The zero-order valence-corrected chi connectivity index (χ0v) is 19.4. The smallest absolute Gasteiger partial charge is 0.217 e. The number of carbonyl (C=O) groups excluding carboxylic acids is 1. The Bertz CT molecular complexity index is 715. The van der Waals surface area contributed by atoms with Crippen molar-refractivity contribution in [3.05, 3.63) is 0 Å². The number of aliphatic hydroxyl groups is 8. The molecule has 3 aliphatic rings. The van der Waals surface area contributed by atoms with Crippen LogP contribution in [0.3, 0.4) is 0 Å². The molecule has 3 heterocycles. The molecule has 0 aromatic heterocycles. The number of rotatable bonds is 6. The van der Waals surface area contributed by atoms with Gasteiger partial charge >= 0.3 is 0 Å². The first-order chi connectivity index (χ1) is 16.4. The van der Waals surface area contributed by atoms with Crippen LogP contribution in [0.4, 0.5) is 0 Å². The Labute approximate surface area is 200 Å². The van der Waals surface area contributed by atoms with Gasteiger partial charge in [0.05, 0.1) is 18.8 Å². The molecule has 3 aliphatic heterocycles. The largest absolute Gasteiger partial charge is 0.394 e. The predicted molar refractivity (Wildman–Crippen MR) is 110 cm³/mol. The zero-order valence-electron chi connectivity index (χ0n) is 19.4. The van der Waals surface area contributed by atoms with E-state index in [0.29, 0.717) is 0 Å². The molecule has 0 radical (unpaired) electrons. The molecule has 0 aromatic rings. The standard InChI is InChI=1S/C20H35NO14/c1-5-10(24)13(27)14(28)19(31-5)35-17-11(25)6(2)32-20(15(17)29)34-16-9(21-7(3)23)18(30)33-8(4-22)12(16)26/h5-6,8-20,22,24-30H,4H2,1-3H3,(H,21,23)/t5-,6-,8-,9-,10-,11-,12+,13+,14+,15+,16-,17+,18-,19-,20-/m1/s1. The zero-order chi connectivity index (χ0) is 26.2. The molecule has 9 N–H and O–H groups in total. The van der Waals surface area contributed by atoms with E-state index in [0.717, 1.165) is 6.92 Å². The minimum Gasteiger partial charge on any atom is -0.394 e. The Morgan fingerprint density at radius 3 is 1.86 bits per heavy atom. The number of hydrogen-bond acceptors (Lipinski definition) is 14. The number of ether oxygens (including phenoxy) is 5. The van der Waals surface area contributed by atoms with Crippen LogP contribution in [0.15, 0.2) is 0 Å². The van der Waals surface area contributed by atoms with E-state index in [1.165, 1.54) is 13.8 Å².